The number of carbonyl (C=O) groups is 5. The molecule has 1 atom stereocenters. The molecule has 336 valence electrons. The maximum atomic E-state index is 13.2. The van der Waals surface area contributed by atoms with Crippen molar-refractivity contribution in [2.45, 2.75) is 38.1 Å². The number of piperidine rings is 1. The van der Waals surface area contributed by atoms with Gasteiger partial charge in [0.15, 0.2) is 5.65 Å². The predicted octanol–water partition coefficient (Wildman–Crippen LogP) is 2.33. The summed E-state index contributed by atoms with van der Waals surface area (Å²) in [7, 11) is 0. The maximum absolute atomic E-state index is 13.2. The second-order valence-electron chi connectivity index (χ2n) is 15.5. The number of nitrogens with one attached hydrogen (secondary N) is 2. The summed E-state index contributed by atoms with van der Waals surface area (Å²) in [6, 6.07) is 16.0. The highest BCUT2D eigenvalue weighted by molar-refractivity contribution is 6.24. The molecule has 64 heavy (non-hydrogen) atoms. The number of carbonyl (C=O) groups excluding carboxylic acids is 5. The average molecular weight is 878 g/mol. The molecule has 2 N–H and O–H groups in total. The highest BCUT2D eigenvalue weighted by Gasteiger charge is 2.46. The van der Waals surface area contributed by atoms with Crippen molar-refractivity contribution in [1.82, 2.24) is 40.0 Å². The van der Waals surface area contributed by atoms with Crippen molar-refractivity contribution in [3.63, 3.8) is 0 Å². The minimum atomic E-state index is -1.07. The van der Waals surface area contributed by atoms with Crippen LogP contribution in [0.2, 0.25) is 0 Å². The van der Waals surface area contributed by atoms with E-state index in [1.54, 1.807) is 24.7 Å². The zero-order valence-corrected chi connectivity index (χ0v) is 35.4. The number of furan rings is 1. The fourth-order valence-corrected chi connectivity index (χ4v) is 7.97. The smallest absolute Gasteiger partial charge is 0.266 e. The van der Waals surface area contributed by atoms with E-state index < -0.39 is 29.7 Å². The van der Waals surface area contributed by atoms with Crippen LogP contribution in [0.4, 0.5) is 5.69 Å². The summed E-state index contributed by atoms with van der Waals surface area (Å²) < 4.78 is 30.1. The monoisotopic (exact) mass is 877 g/mol. The summed E-state index contributed by atoms with van der Waals surface area (Å²) >= 11 is 0. The number of piperazine rings is 1. The number of aryl methyl sites for hydroxylation is 2. The van der Waals surface area contributed by atoms with Gasteiger partial charge < -0.3 is 33.6 Å². The van der Waals surface area contributed by atoms with Crippen LogP contribution in [0.15, 0.2) is 77.8 Å². The van der Waals surface area contributed by atoms with E-state index in [9.17, 15) is 24.0 Å². The average Bonchev–Trinajstić information content (AvgIpc) is 4.08. The van der Waals surface area contributed by atoms with Gasteiger partial charge in [-0.1, -0.05) is 18.2 Å². The van der Waals surface area contributed by atoms with Crippen molar-refractivity contribution in [3.8, 4) is 16.9 Å². The molecular formula is C45H51N9O10. The fourth-order valence-electron chi connectivity index (χ4n) is 7.97. The Morgan fingerprint density at radius 2 is 1.61 bits per heavy atom. The minimum absolute atomic E-state index is 0.0306. The zero-order valence-electron chi connectivity index (χ0n) is 35.4. The number of hydrogen-bond donors (Lipinski definition) is 2. The third-order valence-corrected chi connectivity index (χ3v) is 11.4. The van der Waals surface area contributed by atoms with Gasteiger partial charge in [0.05, 0.1) is 63.6 Å². The van der Waals surface area contributed by atoms with Crippen molar-refractivity contribution in [2.24, 2.45) is 0 Å². The molecule has 2 saturated heterocycles. The molecule has 3 aromatic heterocycles. The molecule has 19 heteroatoms. The number of benzene rings is 2. The maximum Gasteiger partial charge on any atom is 0.266 e. The first-order valence-electron chi connectivity index (χ1n) is 21.6. The van der Waals surface area contributed by atoms with Gasteiger partial charge in [0.2, 0.25) is 17.7 Å². The molecule has 0 radical (unpaired) electrons. The van der Waals surface area contributed by atoms with Crippen LogP contribution in [0.5, 0.6) is 5.75 Å². The van der Waals surface area contributed by atoms with Crippen molar-refractivity contribution in [3.05, 3.63) is 96.1 Å². The van der Waals surface area contributed by atoms with Crippen LogP contribution in [0, 0.1) is 0 Å². The summed E-state index contributed by atoms with van der Waals surface area (Å²) in [5.74, 6) is -0.651. The van der Waals surface area contributed by atoms with E-state index in [4.69, 9.17) is 28.3 Å². The lowest BCUT2D eigenvalue weighted by atomic mass is 10.0. The Balaban J connectivity index is 0.636. The van der Waals surface area contributed by atoms with Crippen LogP contribution < -0.4 is 20.3 Å². The molecule has 3 aliphatic rings. The molecule has 1 unspecified atom stereocenters. The lowest BCUT2D eigenvalue weighted by Crippen LogP contribution is -2.54. The van der Waals surface area contributed by atoms with Crippen LogP contribution in [-0.4, -0.2) is 150 Å². The predicted molar refractivity (Wildman–Crippen MR) is 230 cm³/mol. The van der Waals surface area contributed by atoms with Gasteiger partial charge in [0.25, 0.3) is 11.8 Å². The molecule has 5 amide bonds. The summed E-state index contributed by atoms with van der Waals surface area (Å²) in [6.07, 6.45) is 6.99. The quantitative estimate of drug-likeness (QED) is 0.0755. The van der Waals surface area contributed by atoms with Gasteiger partial charge in [-0.25, -0.2) is 4.98 Å². The van der Waals surface area contributed by atoms with Gasteiger partial charge in [-0.05, 0) is 48.4 Å². The van der Waals surface area contributed by atoms with Crippen LogP contribution in [0.1, 0.15) is 51.6 Å². The number of amides is 5. The second-order valence-corrected chi connectivity index (χ2v) is 15.5. The highest BCUT2D eigenvalue weighted by Crippen LogP contribution is 2.34. The Morgan fingerprint density at radius 1 is 0.828 bits per heavy atom. The fraction of sp³-hybridized carbons (Fsp3) is 0.422. The molecule has 5 aromatic rings. The standard InChI is InChI=1S/C45H51N9O10/c55-39(46-15-23-64-37-5-1-4-34-41(37)45(59)54(44(34)58)36-11-13-40(56)49-43(36)57)14-22-60-25-27-62-28-26-61-24-20-51-16-18-52(19-17-51)32-8-6-31(7-9-32)35-29-47-38(53-30-48-50-42(35)53)12-10-33-3-2-21-63-33/h1-9,21,29-30,36H,10-20,22-28H2,(H,46,55)(H,49,56,57). The van der Waals surface area contributed by atoms with Gasteiger partial charge in [-0.3, -0.25) is 43.5 Å². The molecule has 19 nitrogen and oxygen atoms in total. The van der Waals surface area contributed by atoms with Crippen LogP contribution in [-0.2, 0) is 41.4 Å². The number of fused-ring (bicyclic) bond motifs is 2. The highest BCUT2D eigenvalue weighted by atomic mass is 16.5. The first kappa shape index (κ1) is 44.1. The van der Waals surface area contributed by atoms with Gasteiger partial charge in [-0.2, -0.15) is 0 Å². The Morgan fingerprint density at radius 3 is 2.38 bits per heavy atom. The SMILES string of the molecule is O=C(CCOCCOCCOCCN1CCN(c2ccc(-c3cnc(CCc4ccco4)n4cnnc34)cc2)CC1)NCCOc1cccc2c1C(=O)N(C1CCC(=O)NC1=O)C2=O. The van der Waals surface area contributed by atoms with Crippen molar-refractivity contribution >= 4 is 40.9 Å². The van der Waals surface area contributed by atoms with Crippen LogP contribution in [0.3, 0.4) is 0 Å². The largest absolute Gasteiger partial charge is 0.491 e. The van der Waals surface area contributed by atoms with E-state index in [1.807, 2.05) is 22.7 Å². The topological polar surface area (TPSA) is 212 Å². The third-order valence-electron chi connectivity index (χ3n) is 11.4. The Bertz CT molecular complexity index is 2410. The number of ether oxygens (including phenoxy) is 4. The lowest BCUT2D eigenvalue weighted by molar-refractivity contribution is -0.136. The molecule has 6 heterocycles. The number of nitrogens with zero attached hydrogens (tertiary/aromatic N) is 7. The Labute approximate surface area is 369 Å². The Kier molecular flexibility index (Phi) is 14.6. The van der Waals surface area contributed by atoms with E-state index in [0.29, 0.717) is 33.0 Å². The van der Waals surface area contributed by atoms with E-state index in [0.717, 1.165) is 78.8 Å². The number of rotatable bonds is 22. The summed E-state index contributed by atoms with van der Waals surface area (Å²) in [5, 5.41) is 13.5. The molecule has 2 aromatic carbocycles. The van der Waals surface area contributed by atoms with E-state index in [1.165, 1.54) is 11.8 Å². The number of hydrogen-bond acceptors (Lipinski definition) is 15. The van der Waals surface area contributed by atoms with Crippen molar-refractivity contribution < 1.29 is 47.3 Å². The number of anilines is 1. The lowest BCUT2D eigenvalue weighted by Gasteiger charge is -2.36. The summed E-state index contributed by atoms with van der Waals surface area (Å²) in [5.41, 5.74) is 4.13. The van der Waals surface area contributed by atoms with Gasteiger partial charge in [0, 0.05) is 75.9 Å². The van der Waals surface area contributed by atoms with E-state index >= 15 is 0 Å². The van der Waals surface area contributed by atoms with Crippen molar-refractivity contribution in [2.75, 3.05) is 90.4 Å². The molecule has 0 bridgehead atoms. The van der Waals surface area contributed by atoms with Gasteiger partial charge in [-0.15, -0.1) is 10.2 Å². The molecule has 0 saturated carbocycles. The molecule has 0 aliphatic carbocycles. The third kappa shape index (κ3) is 10.6. The molecule has 8 rings (SSSR count). The number of aromatic nitrogens is 4. The van der Waals surface area contributed by atoms with Crippen LogP contribution >= 0.6 is 0 Å². The Hall–Kier alpha value is -6.54. The normalized spacial score (nSPS) is 16.7. The molecule has 2 fully saturated rings. The first-order valence-corrected chi connectivity index (χ1v) is 21.6. The summed E-state index contributed by atoms with van der Waals surface area (Å²) in [4.78, 5) is 72.8. The summed E-state index contributed by atoms with van der Waals surface area (Å²) in [6.45, 7) is 7.30. The molecule has 3 aliphatic heterocycles. The van der Waals surface area contributed by atoms with Crippen molar-refractivity contribution in [1.29, 1.82) is 0 Å². The van der Waals surface area contributed by atoms with E-state index in [-0.39, 0.29) is 61.8 Å². The minimum Gasteiger partial charge on any atom is -0.491 e. The van der Waals surface area contributed by atoms with E-state index in [2.05, 4.69) is 54.9 Å². The second kappa shape index (κ2) is 21.2. The molecule has 0 spiro atoms. The van der Waals surface area contributed by atoms with Crippen LogP contribution in [0.25, 0.3) is 16.8 Å². The molecular weight excluding hydrogens is 827 g/mol. The zero-order chi connectivity index (χ0) is 44.3. The number of imide groups is 2. The first-order chi connectivity index (χ1) is 31.3. The van der Waals surface area contributed by atoms with Gasteiger partial charge in [0.1, 0.15) is 36.3 Å². The van der Waals surface area contributed by atoms with Gasteiger partial charge >= 0.3 is 0 Å².